The van der Waals surface area contributed by atoms with Gasteiger partial charge >= 0.3 is 11.9 Å². The Morgan fingerprint density at radius 3 is 1.59 bits per heavy atom. The molecule has 0 aliphatic rings. The van der Waals surface area contributed by atoms with Crippen LogP contribution in [0.2, 0.25) is 0 Å². The Kier molecular flexibility index (Phi) is 16.1. The van der Waals surface area contributed by atoms with E-state index in [1.165, 1.54) is 38.5 Å². The fourth-order valence-corrected chi connectivity index (χ4v) is 4.68. The number of hydrogen-bond donors (Lipinski definition) is 2. The van der Waals surface area contributed by atoms with Gasteiger partial charge in [-0.2, -0.15) is 0 Å². The molecule has 4 nitrogen and oxygen atoms in total. The minimum Gasteiger partial charge on any atom is -0.481 e. The number of carbonyl (C=O) groups is 2. The SMILES string of the molecule is CCCC(CCC)(CC(CCCCCCCCCCCC(=O)O)C(C)C)C(=O)O. The molecule has 0 radical (unpaired) electrons. The number of carboxylic acid groups (broad SMARTS) is 2. The van der Waals surface area contributed by atoms with Crippen molar-refractivity contribution in [3.8, 4) is 0 Å². The van der Waals surface area contributed by atoms with Gasteiger partial charge in [0.05, 0.1) is 5.41 Å². The van der Waals surface area contributed by atoms with Crippen LogP contribution < -0.4 is 0 Å². The van der Waals surface area contributed by atoms with Crippen LogP contribution in [0.5, 0.6) is 0 Å². The maximum atomic E-state index is 12.1. The molecule has 172 valence electrons. The van der Waals surface area contributed by atoms with Crippen molar-refractivity contribution >= 4 is 11.9 Å². The molecule has 0 aromatic rings. The van der Waals surface area contributed by atoms with E-state index in [0.29, 0.717) is 18.3 Å². The molecule has 0 bridgehead atoms. The lowest BCUT2D eigenvalue weighted by Gasteiger charge is -2.34. The van der Waals surface area contributed by atoms with E-state index in [4.69, 9.17) is 5.11 Å². The van der Waals surface area contributed by atoms with Gasteiger partial charge in [0.1, 0.15) is 0 Å². The number of unbranched alkanes of at least 4 members (excludes halogenated alkanes) is 8. The molecule has 0 aliphatic heterocycles. The van der Waals surface area contributed by atoms with Crippen molar-refractivity contribution < 1.29 is 19.8 Å². The summed E-state index contributed by atoms with van der Waals surface area (Å²) in [5, 5.41) is 18.6. The Morgan fingerprint density at radius 1 is 0.759 bits per heavy atom. The minimum atomic E-state index is -0.685. The van der Waals surface area contributed by atoms with Gasteiger partial charge in [-0.1, -0.05) is 98.3 Å². The van der Waals surface area contributed by atoms with Crippen molar-refractivity contribution in [2.45, 2.75) is 130 Å². The molecule has 0 saturated carbocycles. The Balaban J connectivity index is 4.16. The van der Waals surface area contributed by atoms with Crippen LogP contribution in [0, 0.1) is 17.3 Å². The van der Waals surface area contributed by atoms with Gasteiger partial charge in [-0.15, -0.1) is 0 Å². The molecule has 0 spiro atoms. The fourth-order valence-electron chi connectivity index (χ4n) is 4.68. The summed E-state index contributed by atoms with van der Waals surface area (Å²) < 4.78 is 0. The highest BCUT2D eigenvalue weighted by Crippen LogP contribution is 2.40. The van der Waals surface area contributed by atoms with Crippen molar-refractivity contribution in [1.82, 2.24) is 0 Å². The molecule has 0 saturated heterocycles. The van der Waals surface area contributed by atoms with Gasteiger partial charge in [-0.05, 0) is 37.5 Å². The van der Waals surface area contributed by atoms with E-state index in [0.717, 1.165) is 57.8 Å². The van der Waals surface area contributed by atoms with E-state index < -0.39 is 17.4 Å². The number of carboxylic acids is 2. The first kappa shape index (κ1) is 27.9. The first-order valence-electron chi connectivity index (χ1n) is 12.2. The molecule has 0 fully saturated rings. The Bertz CT molecular complexity index is 425. The summed E-state index contributed by atoms with van der Waals surface area (Å²) in [6, 6.07) is 0. The summed E-state index contributed by atoms with van der Waals surface area (Å²) in [5.41, 5.74) is -0.529. The highest BCUT2D eigenvalue weighted by Gasteiger charge is 2.39. The van der Waals surface area contributed by atoms with Crippen LogP contribution >= 0.6 is 0 Å². The fraction of sp³-hybridized carbons (Fsp3) is 0.920. The van der Waals surface area contributed by atoms with Crippen LogP contribution in [-0.2, 0) is 9.59 Å². The Morgan fingerprint density at radius 2 is 1.21 bits per heavy atom. The minimum absolute atomic E-state index is 0.302. The molecule has 4 heteroatoms. The van der Waals surface area contributed by atoms with Gasteiger partial charge in [0.25, 0.3) is 0 Å². The lowest BCUT2D eigenvalue weighted by Crippen LogP contribution is -2.34. The molecule has 0 rings (SSSR count). The highest BCUT2D eigenvalue weighted by molar-refractivity contribution is 5.74. The molecule has 2 N–H and O–H groups in total. The average Bonchev–Trinajstić information content (AvgIpc) is 2.64. The van der Waals surface area contributed by atoms with Crippen molar-refractivity contribution in [3.05, 3.63) is 0 Å². The Labute approximate surface area is 179 Å². The first-order valence-corrected chi connectivity index (χ1v) is 12.2. The third-order valence-corrected chi connectivity index (χ3v) is 6.47. The smallest absolute Gasteiger partial charge is 0.309 e. The van der Waals surface area contributed by atoms with E-state index >= 15 is 0 Å². The predicted octanol–water partition coefficient (Wildman–Crippen LogP) is 7.70. The number of rotatable bonds is 20. The zero-order chi connectivity index (χ0) is 22.1. The van der Waals surface area contributed by atoms with E-state index in [1.807, 2.05) is 0 Å². The van der Waals surface area contributed by atoms with Crippen molar-refractivity contribution in [2.75, 3.05) is 0 Å². The summed E-state index contributed by atoms with van der Waals surface area (Å²) in [7, 11) is 0. The monoisotopic (exact) mass is 412 g/mol. The second kappa shape index (κ2) is 16.7. The van der Waals surface area contributed by atoms with Crippen LogP contribution in [0.4, 0.5) is 0 Å². The molecule has 0 aliphatic carbocycles. The predicted molar refractivity (Wildman–Crippen MR) is 121 cm³/mol. The van der Waals surface area contributed by atoms with E-state index in [-0.39, 0.29) is 0 Å². The molecule has 29 heavy (non-hydrogen) atoms. The standard InChI is InChI=1S/C25H48O4/c1-5-18-25(19-6-2,24(28)29)20-22(21(3)4)16-14-12-10-8-7-9-11-13-15-17-23(26)27/h21-22H,5-20H2,1-4H3,(H,26,27)(H,28,29). The van der Waals surface area contributed by atoms with Gasteiger partial charge in [0, 0.05) is 6.42 Å². The number of aliphatic carboxylic acids is 2. The zero-order valence-corrected chi connectivity index (χ0v) is 19.7. The van der Waals surface area contributed by atoms with E-state index in [9.17, 15) is 14.7 Å². The van der Waals surface area contributed by atoms with Gasteiger partial charge < -0.3 is 10.2 Å². The van der Waals surface area contributed by atoms with Gasteiger partial charge in [-0.25, -0.2) is 0 Å². The van der Waals surface area contributed by atoms with Crippen molar-refractivity contribution in [3.63, 3.8) is 0 Å². The third-order valence-electron chi connectivity index (χ3n) is 6.47. The quantitative estimate of drug-likeness (QED) is 0.201. The van der Waals surface area contributed by atoms with Crippen LogP contribution in [0.25, 0.3) is 0 Å². The lowest BCUT2D eigenvalue weighted by molar-refractivity contribution is -0.151. The molecule has 1 unspecified atom stereocenters. The molecular weight excluding hydrogens is 364 g/mol. The summed E-state index contributed by atoms with van der Waals surface area (Å²) in [4.78, 5) is 22.6. The molecular formula is C25H48O4. The maximum Gasteiger partial charge on any atom is 0.309 e. The maximum absolute atomic E-state index is 12.1. The molecule has 0 aromatic heterocycles. The zero-order valence-electron chi connectivity index (χ0n) is 19.7. The topological polar surface area (TPSA) is 74.6 Å². The Hall–Kier alpha value is -1.06. The largest absolute Gasteiger partial charge is 0.481 e. The second-order valence-corrected chi connectivity index (χ2v) is 9.41. The highest BCUT2D eigenvalue weighted by atomic mass is 16.4. The van der Waals surface area contributed by atoms with E-state index in [1.54, 1.807) is 0 Å². The lowest BCUT2D eigenvalue weighted by atomic mass is 9.69. The second-order valence-electron chi connectivity index (χ2n) is 9.41. The number of hydrogen-bond acceptors (Lipinski definition) is 2. The summed E-state index contributed by atoms with van der Waals surface area (Å²) in [5.74, 6) is -0.239. The average molecular weight is 413 g/mol. The summed E-state index contributed by atoms with van der Waals surface area (Å²) in [6.45, 7) is 8.70. The van der Waals surface area contributed by atoms with Crippen LogP contribution in [0.15, 0.2) is 0 Å². The van der Waals surface area contributed by atoms with Crippen LogP contribution in [0.3, 0.4) is 0 Å². The van der Waals surface area contributed by atoms with Gasteiger partial charge in [-0.3, -0.25) is 9.59 Å². The normalized spacial score (nSPS) is 13.0. The van der Waals surface area contributed by atoms with Gasteiger partial charge in [0.15, 0.2) is 0 Å². The van der Waals surface area contributed by atoms with Crippen LogP contribution in [0.1, 0.15) is 130 Å². The van der Waals surface area contributed by atoms with Gasteiger partial charge in [0.2, 0.25) is 0 Å². The van der Waals surface area contributed by atoms with E-state index in [2.05, 4.69) is 27.7 Å². The summed E-state index contributed by atoms with van der Waals surface area (Å²) >= 11 is 0. The van der Waals surface area contributed by atoms with Crippen molar-refractivity contribution in [1.29, 1.82) is 0 Å². The van der Waals surface area contributed by atoms with Crippen molar-refractivity contribution in [2.24, 2.45) is 17.3 Å². The van der Waals surface area contributed by atoms with Crippen LogP contribution in [-0.4, -0.2) is 22.2 Å². The molecule has 1 atom stereocenters. The molecule has 0 heterocycles. The summed E-state index contributed by atoms with van der Waals surface area (Å²) in [6.07, 6.45) is 16.2. The molecule has 0 aromatic carbocycles. The molecule has 0 amide bonds. The third kappa shape index (κ3) is 13.0. The first-order chi connectivity index (χ1) is 13.8.